The van der Waals surface area contributed by atoms with Crippen LogP contribution in [0.1, 0.15) is 31.9 Å². The molecule has 0 saturated carbocycles. The average molecular weight is 259 g/mol. The van der Waals surface area contributed by atoms with Gasteiger partial charge in [0.25, 0.3) is 0 Å². The van der Waals surface area contributed by atoms with Gasteiger partial charge in [0, 0.05) is 6.07 Å². The normalized spacial score (nSPS) is 11.4. The Hall–Kier alpha value is -1.90. The van der Waals surface area contributed by atoms with Crippen molar-refractivity contribution in [2.75, 3.05) is 0 Å². The lowest BCUT2D eigenvalue weighted by Gasteiger charge is -2.20. The van der Waals surface area contributed by atoms with Crippen LogP contribution >= 0.6 is 0 Å². The SMILES string of the molecule is Cc1cc(C(C)(C)C)ccc1Oc1cccc(F)n1. The van der Waals surface area contributed by atoms with Crippen LogP contribution in [0.2, 0.25) is 0 Å². The van der Waals surface area contributed by atoms with Crippen molar-refractivity contribution in [3.63, 3.8) is 0 Å². The second kappa shape index (κ2) is 5.00. The molecule has 2 nitrogen and oxygen atoms in total. The van der Waals surface area contributed by atoms with Gasteiger partial charge in [-0.1, -0.05) is 39.0 Å². The lowest BCUT2D eigenvalue weighted by molar-refractivity contribution is 0.441. The van der Waals surface area contributed by atoms with Gasteiger partial charge in [-0.2, -0.15) is 9.37 Å². The predicted molar refractivity (Wildman–Crippen MR) is 74.1 cm³/mol. The molecule has 1 heterocycles. The van der Waals surface area contributed by atoms with E-state index in [9.17, 15) is 4.39 Å². The molecule has 0 saturated heterocycles. The van der Waals surface area contributed by atoms with Crippen LogP contribution in [0, 0.1) is 12.9 Å². The van der Waals surface area contributed by atoms with Crippen LogP contribution in [0.3, 0.4) is 0 Å². The smallest absolute Gasteiger partial charge is 0.221 e. The summed E-state index contributed by atoms with van der Waals surface area (Å²) in [6.07, 6.45) is 0. The van der Waals surface area contributed by atoms with Gasteiger partial charge >= 0.3 is 0 Å². The van der Waals surface area contributed by atoms with Gasteiger partial charge in [0.2, 0.25) is 11.8 Å². The maximum atomic E-state index is 13.0. The number of aryl methyl sites for hydroxylation is 1. The minimum atomic E-state index is -0.540. The van der Waals surface area contributed by atoms with Crippen LogP contribution < -0.4 is 4.74 Å². The molecule has 0 spiro atoms. The van der Waals surface area contributed by atoms with Crippen LogP contribution in [0.15, 0.2) is 36.4 Å². The topological polar surface area (TPSA) is 22.1 Å². The van der Waals surface area contributed by atoms with E-state index < -0.39 is 5.95 Å². The highest BCUT2D eigenvalue weighted by molar-refractivity contribution is 5.40. The Morgan fingerprint density at radius 1 is 1.11 bits per heavy atom. The second-order valence-electron chi connectivity index (χ2n) is 5.63. The maximum absolute atomic E-state index is 13.0. The van der Waals surface area contributed by atoms with Crippen molar-refractivity contribution in [3.05, 3.63) is 53.5 Å². The third-order valence-corrected chi connectivity index (χ3v) is 2.95. The first-order valence-electron chi connectivity index (χ1n) is 6.28. The van der Waals surface area contributed by atoms with E-state index in [-0.39, 0.29) is 11.3 Å². The molecule has 1 aromatic carbocycles. The number of pyridine rings is 1. The highest BCUT2D eigenvalue weighted by Crippen LogP contribution is 2.29. The molecule has 1 aromatic heterocycles. The minimum absolute atomic E-state index is 0.0976. The second-order valence-corrected chi connectivity index (χ2v) is 5.63. The van der Waals surface area contributed by atoms with Crippen LogP contribution in [-0.2, 0) is 5.41 Å². The fourth-order valence-electron chi connectivity index (χ4n) is 1.79. The van der Waals surface area contributed by atoms with E-state index in [1.807, 2.05) is 19.1 Å². The van der Waals surface area contributed by atoms with Gasteiger partial charge in [0.15, 0.2) is 0 Å². The number of ether oxygens (including phenoxy) is 1. The molecule has 100 valence electrons. The fraction of sp³-hybridized carbons (Fsp3) is 0.312. The van der Waals surface area contributed by atoms with E-state index in [1.165, 1.54) is 11.6 Å². The number of hydrogen-bond acceptors (Lipinski definition) is 2. The molecule has 0 unspecified atom stereocenters. The number of rotatable bonds is 2. The first-order valence-corrected chi connectivity index (χ1v) is 6.28. The van der Waals surface area contributed by atoms with Crippen molar-refractivity contribution >= 4 is 0 Å². The van der Waals surface area contributed by atoms with Crippen LogP contribution in [-0.4, -0.2) is 4.98 Å². The Kier molecular flexibility index (Phi) is 3.56. The van der Waals surface area contributed by atoms with Crippen molar-refractivity contribution in [2.45, 2.75) is 33.1 Å². The molecule has 0 fully saturated rings. The molecule has 0 amide bonds. The zero-order valence-electron chi connectivity index (χ0n) is 11.7. The van der Waals surface area contributed by atoms with Gasteiger partial charge in [-0.15, -0.1) is 0 Å². The van der Waals surface area contributed by atoms with Gasteiger partial charge in [0.05, 0.1) is 0 Å². The minimum Gasteiger partial charge on any atom is -0.439 e. The Morgan fingerprint density at radius 3 is 2.42 bits per heavy atom. The molecular formula is C16H18FNO. The summed E-state index contributed by atoms with van der Waals surface area (Å²) in [4.78, 5) is 3.69. The Labute approximate surface area is 113 Å². The van der Waals surface area contributed by atoms with Gasteiger partial charge < -0.3 is 4.74 Å². The Balaban J connectivity index is 2.27. The Bertz CT molecular complexity index is 588. The standard InChI is InChI=1S/C16H18FNO/c1-11-10-12(16(2,3)4)8-9-13(11)19-15-7-5-6-14(17)18-15/h5-10H,1-4H3. The highest BCUT2D eigenvalue weighted by atomic mass is 19.1. The summed E-state index contributed by atoms with van der Waals surface area (Å²) in [7, 11) is 0. The molecule has 19 heavy (non-hydrogen) atoms. The molecule has 0 aliphatic rings. The molecule has 0 N–H and O–H groups in total. The fourth-order valence-corrected chi connectivity index (χ4v) is 1.79. The molecule has 0 radical (unpaired) electrons. The van der Waals surface area contributed by atoms with Crippen molar-refractivity contribution in [1.82, 2.24) is 4.98 Å². The molecular weight excluding hydrogens is 241 g/mol. The van der Waals surface area contributed by atoms with Crippen molar-refractivity contribution in [3.8, 4) is 11.6 Å². The number of halogens is 1. The molecule has 0 aliphatic carbocycles. The molecule has 0 aliphatic heterocycles. The van der Waals surface area contributed by atoms with E-state index in [4.69, 9.17) is 4.74 Å². The molecule has 3 heteroatoms. The van der Waals surface area contributed by atoms with Crippen LogP contribution in [0.5, 0.6) is 11.6 Å². The summed E-state index contributed by atoms with van der Waals surface area (Å²) in [5.74, 6) is 0.430. The van der Waals surface area contributed by atoms with Gasteiger partial charge in [-0.25, -0.2) is 0 Å². The van der Waals surface area contributed by atoms with E-state index in [2.05, 4.69) is 31.8 Å². The van der Waals surface area contributed by atoms with Crippen molar-refractivity contribution < 1.29 is 9.13 Å². The van der Waals surface area contributed by atoms with E-state index >= 15 is 0 Å². The number of hydrogen-bond donors (Lipinski definition) is 0. The third kappa shape index (κ3) is 3.31. The monoisotopic (exact) mass is 259 g/mol. The summed E-state index contributed by atoms with van der Waals surface area (Å²) >= 11 is 0. The van der Waals surface area contributed by atoms with E-state index in [0.29, 0.717) is 5.75 Å². The first kappa shape index (κ1) is 13.5. The third-order valence-electron chi connectivity index (χ3n) is 2.95. The Morgan fingerprint density at radius 2 is 1.84 bits per heavy atom. The summed E-state index contributed by atoms with van der Waals surface area (Å²) < 4.78 is 18.6. The van der Waals surface area contributed by atoms with Crippen molar-refractivity contribution in [2.24, 2.45) is 0 Å². The number of nitrogens with zero attached hydrogens (tertiary/aromatic N) is 1. The zero-order chi connectivity index (χ0) is 14.0. The van der Waals surface area contributed by atoms with Gasteiger partial charge in [-0.3, -0.25) is 0 Å². The number of benzene rings is 1. The number of aromatic nitrogens is 1. The van der Waals surface area contributed by atoms with E-state index in [0.717, 1.165) is 5.56 Å². The lowest BCUT2D eigenvalue weighted by Crippen LogP contribution is -2.11. The maximum Gasteiger partial charge on any atom is 0.221 e. The zero-order valence-corrected chi connectivity index (χ0v) is 11.7. The van der Waals surface area contributed by atoms with Crippen LogP contribution in [0.4, 0.5) is 4.39 Å². The molecule has 0 bridgehead atoms. The molecule has 2 rings (SSSR count). The molecule has 2 aromatic rings. The summed E-state index contributed by atoms with van der Waals surface area (Å²) in [6.45, 7) is 8.47. The summed E-state index contributed by atoms with van der Waals surface area (Å²) in [5.41, 5.74) is 2.35. The summed E-state index contributed by atoms with van der Waals surface area (Å²) in [5, 5.41) is 0. The average Bonchev–Trinajstić information content (AvgIpc) is 2.30. The van der Waals surface area contributed by atoms with E-state index in [1.54, 1.807) is 12.1 Å². The van der Waals surface area contributed by atoms with Gasteiger partial charge in [-0.05, 0) is 35.6 Å². The van der Waals surface area contributed by atoms with Crippen molar-refractivity contribution in [1.29, 1.82) is 0 Å². The quantitative estimate of drug-likeness (QED) is 0.734. The first-order chi connectivity index (χ1) is 8.86. The van der Waals surface area contributed by atoms with Gasteiger partial charge in [0.1, 0.15) is 5.75 Å². The van der Waals surface area contributed by atoms with Crippen LogP contribution in [0.25, 0.3) is 0 Å². The summed E-state index contributed by atoms with van der Waals surface area (Å²) in [6, 6.07) is 10.5. The highest BCUT2D eigenvalue weighted by Gasteiger charge is 2.15. The molecule has 0 atom stereocenters. The lowest BCUT2D eigenvalue weighted by atomic mass is 9.86. The largest absolute Gasteiger partial charge is 0.439 e. The predicted octanol–water partition coefficient (Wildman–Crippen LogP) is 4.62.